The molecule has 4 unspecified atom stereocenters. The van der Waals surface area contributed by atoms with E-state index in [9.17, 15) is 9.18 Å². The maximum atomic E-state index is 12.6. The van der Waals surface area contributed by atoms with Gasteiger partial charge in [-0.3, -0.25) is 9.18 Å². The third-order valence-electron chi connectivity index (χ3n) is 5.02. The largest absolute Gasteiger partial charge is 0.469 e. The number of hydrogen-bond donors (Lipinski definition) is 1. The number of piperidine rings is 1. The summed E-state index contributed by atoms with van der Waals surface area (Å²) in [4.78, 5) is 12.3. The second-order valence-electron chi connectivity index (χ2n) is 6.23. The first kappa shape index (κ1) is 16.2. The highest BCUT2D eigenvalue weighted by Gasteiger charge is 2.46. The maximum Gasteiger partial charge on any atom is 0.310 e. The Labute approximate surface area is 144 Å². The first-order valence-electron chi connectivity index (χ1n) is 7.82. The summed E-state index contributed by atoms with van der Waals surface area (Å²) in [6.07, 6.45) is 3.59. The number of carbonyl (C=O) groups excluding carboxylic acids is 1. The number of carbonyl (C=O) groups is 1. The minimum absolute atomic E-state index is 0.119. The molecule has 120 valence electrons. The van der Waals surface area contributed by atoms with Crippen LogP contribution in [0.1, 0.15) is 36.3 Å². The number of benzene rings is 1. The summed E-state index contributed by atoms with van der Waals surface area (Å²) in [5, 5.41) is 3.55. The van der Waals surface area contributed by atoms with Crippen molar-refractivity contribution in [2.45, 2.75) is 43.7 Å². The normalized spacial score (nSPS) is 30.3. The quantitative estimate of drug-likeness (QED) is 0.604. The molecule has 3 nitrogen and oxygen atoms in total. The first-order valence-corrected chi connectivity index (χ1v) is 8.90. The zero-order valence-electron chi connectivity index (χ0n) is 12.6. The van der Waals surface area contributed by atoms with Crippen LogP contribution in [0.5, 0.6) is 0 Å². The van der Waals surface area contributed by atoms with Gasteiger partial charge in [-0.25, -0.2) is 0 Å². The monoisotopic (exact) mass is 417 g/mol. The molecule has 2 saturated heterocycles. The molecule has 1 N–H and O–H groups in total. The van der Waals surface area contributed by atoms with E-state index in [1.54, 1.807) is 0 Å². The average molecular weight is 417 g/mol. The summed E-state index contributed by atoms with van der Waals surface area (Å²) in [5.41, 5.74) is 2.22. The van der Waals surface area contributed by atoms with Gasteiger partial charge < -0.3 is 10.1 Å². The third kappa shape index (κ3) is 3.02. The summed E-state index contributed by atoms with van der Waals surface area (Å²) in [5.74, 6) is -0.0450. The smallest absolute Gasteiger partial charge is 0.310 e. The molecule has 1 aromatic rings. The van der Waals surface area contributed by atoms with Crippen molar-refractivity contribution in [3.63, 3.8) is 0 Å². The Balaban J connectivity index is 1.91. The van der Waals surface area contributed by atoms with Crippen molar-refractivity contribution in [1.82, 2.24) is 5.32 Å². The van der Waals surface area contributed by atoms with Crippen LogP contribution in [0, 0.1) is 9.49 Å². The number of methoxy groups -OCH3 is 1. The fourth-order valence-corrected chi connectivity index (χ4v) is 4.77. The van der Waals surface area contributed by atoms with Gasteiger partial charge >= 0.3 is 5.97 Å². The van der Waals surface area contributed by atoms with Gasteiger partial charge in [-0.15, -0.1) is 0 Å². The molecule has 0 radical (unpaired) electrons. The minimum Gasteiger partial charge on any atom is -0.469 e. The number of nitrogens with one attached hydrogen (secondary N) is 1. The van der Waals surface area contributed by atoms with Crippen LogP contribution >= 0.6 is 22.6 Å². The predicted octanol–water partition coefficient (Wildman–Crippen LogP) is 3.20. The highest BCUT2D eigenvalue weighted by Crippen LogP contribution is 2.42. The number of esters is 1. The second kappa shape index (κ2) is 6.83. The van der Waals surface area contributed by atoms with Gasteiger partial charge in [-0.1, -0.05) is 12.1 Å². The van der Waals surface area contributed by atoms with E-state index in [0.717, 1.165) is 28.4 Å². The Morgan fingerprint density at radius 2 is 2.27 bits per heavy atom. The van der Waals surface area contributed by atoms with Gasteiger partial charge in [0, 0.05) is 28.0 Å². The highest BCUT2D eigenvalue weighted by molar-refractivity contribution is 14.1. The molecule has 0 saturated carbocycles. The number of ether oxygens (including phenoxy) is 1. The van der Waals surface area contributed by atoms with E-state index in [2.05, 4.69) is 40.0 Å². The standard InChI is InChI=1S/C17H21FINO2/c1-22-17(21)16-13(9-12-4-5-15(16)20-12)11-3-2-10(6-7-18)14(19)8-11/h2-3,8,12-13,15-16,20H,4-7,9H2,1H3. The van der Waals surface area contributed by atoms with Crippen LogP contribution in [0.25, 0.3) is 0 Å². The van der Waals surface area contributed by atoms with E-state index in [4.69, 9.17) is 4.74 Å². The molecule has 1 aromatic carbocycles. The van der Waals surface area contributed by atoms with E-state index in [-0.39, 0.29) is 30.5 Å². The molecular formula is C17H21FINO2. The van der Waals surface area contributed by atoms with Gasteiger partial charge in [0.15, 0.2) is 0 Å². The summed E-state index contributed by atoms with van der Waals surface area (Å²) < 4.78 is 18.7. The van der Waals surface area contributed by atoms with Crippen molar-refractivity contribution in [2.75, 3.05) is 13.8 Å². The SMILES string of the molecule is COC(=O)C1C2CCC(CC1c1ccc(CCF)c(I)c1)N2. The summed E-state index contributed by atoms with van der Waals surface area (Å²) in [6, 6.07) is 6.92. The van der Waals surface area contributed by atoms with Crippen LogP contribution in [0.15, 0.2) is 18.2 Å². The molecule has 0 aliphatic carbocycles. The zero-order chi connectivity index (χ0) is 15.7. The topological polar surface area (TPSA) is 38.3 Å². The number of hydrogen-bond acceptors (Lipinski definition) is 3. The van der Waals surface area contributed by atoms with Gasteiger partial charge in [0.25, 0.3) is 0 Å². The van der Waals surface area contributed by atoms with Gasteiger partial charge in [0.05, 0.1) is 19.7 Å². The van der Waals surface area contributed by atoms with Crippen molar-refractivity contribution in [2.24, 2.45) is 5.92 Å². The first-order chi connectivity index (χ1) is 10.6. The number of halogens is 2. The van der Waals surface area contributed by atoms with Crippen LogP contribution in [-0.2, 0) is 16.0 Å². The van der Waals surface area contributed by atoms with E-state index in [0.29, 0.717) is 12.5 Å². The molecule has 0 amide bonds. The molecule has 2 fully saturated rings. The van der Waals surface area contributed by atoms with Crippen LogP contribution in [0.3, 0.4) is 0 Å². The van der Waals surface area contributed by atoms with Gasteiger partial charge in [-0.2, -0.15) is 0 Å². The minimum atomic E-state index is -0.336. The molecule has 2 aliphatic heterocycles. The van der Waals surface area contributed by atoms with Crippen molar-refractivity contribution >= 4 is 28.6 Å². The lowest BCUT2D eigenvalue weighted by atomic mass is 9.77. The molecule has 3 rings (SSSR count). The van der Waals surface area contributed by atoms with Crippen LogP contribution in [-0.4, -0.2) is 31.8 Å². The summed E-state index contributed by atoms with van der Waals surface area (Å²) in [6.45, 7) is -0.336. The van der Waals surface area contributed by atoms with E-state index >= 15 is 0 Å². The maximum absolute atomic E-state index is 12.6. The Morgan fingerprint density at radius 3 is 2.95 bits per heavy atom. The Bertz CT molecular complexity index is 566. The van der Waals surface area contributed by atoms with Crippen LogP contribution < -0.4 is 5.32 Å². The van der Waals surface area contributed by atoms with E-state index in [1.807, 2.05) is 6.07 Å². The Morgan fingerprint density at radius 1 is 1.45 bits per heavy atom. The third-order valence-corrected chi connectivity index (χ3v) is 6.03. The molecule has 2 aliphatic rings. The lowest BCUT2D eigenvalue weighted by Gasteiger charge is -2.36. The predicted molar refractivity (Wildman–Crippen MR) is 91.6 cm³/mol. The van der Waals surface area contributed by atoms with E-state index < -0.39 is 0 Å². The summed E-state index contributed by atoms with van der Waals surface area (Å²) >= 11 is 2.27. The number of aryl methyl sites for hydroxylation is 1. The fraction of sp³-hybridized carbons (Fsp3) is 0.588. The second-order valence-corrected chi connectivity index (χ2v) is 7.39. The average Bonchev–Trinajstić information content (AvgIpc) is 2.90. The molecule has 4 atom stereocenters. The van der Waals surface area contributed by atoms with Crippen molar-refractivity contribution in [3.8, 4) is 0 Å². The molecule has 0 spiro atoms. The zero-order valence-corrected chi connectivity index (χ0v) is 14.8. The number of fused-ring (bicyclic) bond motifs is 2. The van der Waals surface area contributed by atoms with Crippen LogP contribution in [0.2, 0.25) is 0 Å². The molecule has 22 heavy (non-hydrogen) atoms. The molecular weight excluding hydrogens is 396 g/mol. The van der Waals surface area contributed by atoms with Crippen LogP contribution in [0.4, 0.5) is 4.39 Å². The lowest BCUT2D eigenvalue weighted by Crippen LogP contribution is -2.48. The van der Waals surface area contributed by atoms with Crippen molar-refractivity contribution < 1.29 is 13.9 Å². The highest BCUT2D eigenvalue weighted by atomic mass is 127. The van der Waals surface area contributed by atoms with E-state index in [1.165, 1.54) is 12.7 Å². The molecule has 2 heterocycles. The number of alkyl halides is 1. The van der Waals surface area contributed by atoms with Gasteiger partial charge in [0.1, 0.15) is 0 Å². The Hall–Kier alpha value is -0.690. The number of rotatable bonds is 4. The lowest BCUT2D eigenvalue weighted by molar-refractivity contribution is -0.148. The molecule has 2 bridgehead atoms. The Kier molecular flexibility index (Phi) is 5.02. The fourth-order valence-electron chi connectivity index (χ4n) is 3.96. The molecule has 0 aromatic heterocycles. The van der Waals surface area contributed by atoms with Gasteiger partial charge in [0.2, 0.25) is 0 Å². The van der Waals surface area contributed by atoms with Crippen molar-refractivity contribution in [3.05, 3.63) is 32.9 Å². The van der Waals surface area contributed by atoms with Gasteiger partial charge in [-0.05, 0) is 59.0 Å². The van der Waals surface area contributed by atoms with Crippen molar-refractivity contribution in [1.29, 1.82) is 0 Å². The molecule has 5 heteroatoms. The summed E-state index contributed by atoms with van der Waals surface area (Å²) in [7, 11) is 1.47.